The van der Waals surface area contributed by atoms with Crippen LogP contribution in [0.15, 0.2) is 159 Å². The van der Waals surface area contributed by atoms with Crippen LogP contribution in [0, 0.1) is 0 Å². The van der Waals surface area contributed by atoms with Gasteiger partial charge in [0.15, 0.2) is 0 Å². The van der Waals surface area contributed by atoms with E-state index in [1.54, 1.807) is 0 Å². The molecule has 8 aromatic rings. The van der Waals surface area contributed by atoms with Gasteiger partial charge in [-0.1, -0.05) is 187 Å². The average Bonchev–Trinajstić information content (AvgIpc) is 1.81. The van der Waals surface area contributed by atoms with Crippen molar-refractivity contribution in [3.05, 3.63) is 259 Å². The lowest BCUT2D eigenvalue weighted by Gasteiger charge is -2.23. The molecule has 2 aliphatic rings. The zero-order valence-electron chi connectivity index (χ0n) is 56.3. The van der Waals surface area contributed by atoms with E-state index in [0.717, 1.165) is 174 Å². The maximum Gasteiger partial charge on any atom is 0.126 e. The Bertz CT molecular complexity index is 3330. The SMILES string of the molecule is C=CCc1cc2c(OCCOCCOc3c4cc(CC=C)cc3Cc3cccc(c3OCCC)Cc3cccc(c3OCCC)Cc3cccc(c3OCCC)C4)c(c1)Cc1cccc(c1OCCC)Cc1cccc(c1OCCC)Cc1cccc(c1OCCC)C2. The summed E-state index contributed by atoms with van der Waals surface area (Å²) in [5.74, 6) is 7.29. The zero-order valence-corrected chi connectivity index (χ0v) is 56.3. The van der Waals surface area contributed by atoms with Gasteiger partial charge in [0.05, 0.1) is 52.9 Å². The molecule has 16 bridgehead atoms. The van der Waals surface area contributed by atoms with Crippen molar-refractivity contribution in [3.63, 3.8) is 0 Å². The molecule has 2 aliphatic carbocycles. The maximum atomic E-state index is 7.13. The Labute approximate surface area is 555 Å². The molecule has 0 aliphatic heterocycles. The zero-order chi connectivity index (χ0) is 64.7. The number of rotatable bonds is 30. The first-order valence-electron chi connectivity index (χ1n) is 34.5. The smallest absolute Gasteiger partial charge is 0.126 e. The number of ether oxygens (including phenoxy) is 9. The monoisotopic (exact) mass is 1250 g/mol. The Morgan fingerprint density at radius 2 is 0.419 bits per heavy atom. The van der Waals surface area contributed by atoms with Crippen LogP contribution >= 0.6 is 0 Å². The number of allylic oxidation sites excluding steroid dienone is 2. The Hall–Kier alpha value is -8.40. The van der Waals surface area contributed by atoms with Crippen LogP contribution in [0.3, 0.4) is 0 Å². The van der Waals surface area contributed by atoms with Gasteiger partial charge in [-0.2, -0.15) is 0 Å². The van der Waals surface area contributed by atoms with Crippen LogP contribution in [-0.2, 0) is 68.9 Å². The minimum atomic E-state index is 0.324. The van der Waals surface area contributed by atoms with Gasteiger partial charge in [0.25, 0.3) is 0 Å². The molecule has 0 spiro atoms. The number of benzene rings is 8. The van der Waals surface area contributed by atoms with Gasteiger partial charge >= 0.3 is 0 Å². The van der Waals surface area contributed by atoms with Gasteiger partial charge < -0.3 is 42.6 Å². The number of para-hydroxylation sites is 6. The summed E-state index contributed by atoms with van der Waals surface area (Å²) in [6.07, 6.45) is 15.8. The Balaban J connectivity index is 0.981. The molecule has 0 N–H and O–H groups in total. The summed E-state index contributed by atoms with van der Waals surface area (Å²) in [4.78, 5) is 0. The third kappa shape index (κ3) is 17.3. The molecule has 0 atom stereocenters. The molecule has 0 saturated carbocycles. The van der Waals surface area contributed by atoms with E-state index >= 15 is 0 Å². The lowest BCUT2D eigenvalue weighted by molar-refractivity contribution is 0.0756. The highest BCUT2D eigenvalue weighted by molar-refractivity contribution is 5.60. The van der Waals surface area contributed by atoms with Crippen molar-refractivity contribution >= 4 is 0 Å². The predicted molar refractivity (Wildman–Crippen MR) is 378 cm³/mol. The average molecular weight is 1250 g/mol. The maximum absolute atomic E-state index is 7.13. The topological polar surface area (TPSA) is 83.1 Å². The molecule has 0 saturated heterocycles. The lowest BCUT2D eigenvalue weighted by atomic mass is 9.90. The molecule has 0 radical (unpaired) electrons. The van der Waals surface area contributed by atoms with E-state index in [1.807, 2.05) is 12.2 Å². The summed E-state index contributed by atoms with van der Waals surface area (Å²) in [6, 6.07) is 48.7. The third-order valence-corrected chi connectivity index (χ3v) is 17.1. The molecule has 0 fully saturated rings. The van der Waals surface area contributed by atoms with Gasteiger partial charge in [0, 0.05) is 51.4 Å². The van der Waals surface area contributed by atoms with E-state index in [9.17, 15) is 0 Å². The van der Waals surface area contributed by atoms with Gasteiger partial charge in [-0.05, 0) is 152 Å². The number of fused-ring (bicyclic) bond motifs is 16. The van der Waals surface area contributed by atoms with Crippen LogP contribution < -0.4 is 37.9 Å². The van der Waals surface area contributed by atoms with Crippen LogP contribution in [0.25, 0.3) is 0 Å². The first-order chi connectivity index (χ1) is 45.8. The fourth-order valence-electron chi connectivity index (χ4n) is 13.1. The van der Waals surface area contributed by atoms with Crippen LogP contribution in [0.1, 0.15) is 180 Å². The largest absolute Gasteiger partial charge is 0.493 e. The molecular formula is C84H98O9. The van der Waals surface area contributed by atoms with E-state index in [-0.39, 0.29) is 0 Å². The summed E-state index contributed by atoms with van der Waals surface area (Å²) < 4.78 is 61.5. The lowest BCUT2D eigenvalue weighted by Crippen LogP contribution is -2.15. The van der Waals surface area contributed by atoms with Crippen LogP contribution in [0.4, 0.5) is 0 Å². The van der Waals surface area contributed by atoms with Crippen molar-refractivity contribution < 1.29 is 42.6 Å². The number of hydrogen-bond donors (Lipinski definition) is 0. The van der Waals surface area contributed by atoms with Gasteiger partial charge in [-0.3, -0.25) is 0 Å². The molecule has 0 heterocycles. The minimum Gasteiger partial charge on any atom is -0.493 e. The van der Waals surface area contributed by atoms with E-state index < -0.39 is 0 Å². The molecule has 8 aromatic carbocycles. The molecule has 488 valence electrons. The summed E-state index contributed by atoms with van der Waals surface area (Å²) >= 11 is 0. The first-order valence-corrected chi connectivity index (χ1v) is 34.5. The molecule has 93 heavy (non-hydrogen) atoms. The molecule has 0 aromatic heterocycles. The van der Waals surface area contributed by atoms with Crippen molar-refractivity contribution in [1.82, 2.24) is 0 Å². The Morgan fingerprint density at radius 3 is 0.602 bits per heavy atom. The summed E-state index contributed by atoms with van der Waals surface area (Å²) in [5.41, 5.74) is 20.2. The van der Waals surface area contributed by atoms with Gasteiger partial charge in [-0.25, -0.2) is 0 Å². The molecule has 9 heteroatoms. The highest BCUT2D eigenvalue weighted by Crippen LogP contribution is 2.43. The molecule has 0 unspecified atom stereocenters. The second-order valence-corrected chi connectivity index (χ2v) is 24.7. The third-order valence-electron chi connectivity index (χ3n) is 17.1. The van der Waals surface area contributed by atoms with E-state index in [1.165, 1.54) is 11.1 Å². The molecular weight excluding hydrogens is 1150 g/mol. The van der Waals surface area contributed by atoms with Crippen LogP contribution in [0.2, 0.25) is 0 Å². The second-order valence-electron chi connectivity index (χ2n) is 24.7. The molecule has 0 amide bonds. The van der Waals surface area contributed by atoms with Crippen molar-refractivity contribution in [1.29, 1.82) is 0 Å². The number of hydrogen-bond acceptors (Lipinski definition) is 9. The van der Waals surface area contributed by atoms with E-state index in [2.05, 4.69) is 188 Å². The van der Waals surface area contributed by atoms with Gasteiger partial charge in [0.2, 0.25) is 0 Å². The van der Waals surface area contributed by atoms with Crippen molar-refractivity contribution in [3.8, 4) is 46.0 Å². The van der Waals surface area contributed by atoms with Crippen molar-refractivity contribution in [2.24, 2.45) is 0 Å². The highest BCUT2D eigenvalue weighted by atomic mass is 16.5. The normalized spacial score (nSPS) is 12.5. The molecule has 10 rings (SSSR count). The van der Waals surface area contributed by atoms with E-state index in [0.29, 0.717) is 130 Å². The Morgan fingerprint density at radius 1 is 0.247 bits per heavy atom. The quantitative estimate of drug-likeness (QED) is 0.0323. The standard InChI is InChI=1S/C84H98O9/c1-9-23-59-47-73-55-69-33-19-29-65(79(69)88-39-13-5)51-61-25-17-26-62(77(61)86-37-11-3)52-66-30-20-34-70(80(66)89-40-14-6)56-74(48-59)83(73)92-45-43-85-44-46-93-84-75-49-60(24-10-2)50-76(84)58-72-36-22-32-68(82(72)91-42-16-8)54-64-28-18-27-63(78(64)87-38-12-4)53-67-31-21-35-71(57-75)81(67)90-41-15-7/h9-10,17-22,25-36,47-50H,1-2,11-16,23-24,37-46,51-58H2,3-8H3. The van der Waals surface area contributed by atoms with E-state index in [4.69, 9.17) is 42.6 Å². The molecule has 9 nitrogen and oxygen atoms in total. The van der Waals surface area contributed by atoms with Crippen molar-refractivity contribution in [2.75, 3.05) is 66.1 Å². The van der Waals surface area contributed by atoms with Gasteiger partial charge in [-0.15, -0.1) is 13.2 Å². The van der Waals surface area contributed by atoms with Crippen LogP contribution in [0.5, 0.6) is 46.0 Å². The summed E-state index contributed by atoms with van der Waals surface area (Å²) in [7, 11) is 0. The van der Waals surface area contributed by atoms with Crippen molar-refractivity contribution in [2.45, 2.75) is 144 Å². The minimum absolute atomic E-state index is 0.324. The second kappa shape index (κ2) is 34.5. The first kappa shape index (κ1) is 67.5. The fourth-order valence-corrected chi connectivity index (χ4v) is 13.1. The highest BCUT2D eigenvalue weighted by Gasteiger charge is 2.26. The Kier molecular flexibility index (Phi) is 25.0. The summed E-state index contributed by atoms with van der Waals surface area (Å²) in [6.45, 7) is 26.4. The summed E-state index contributed by atoms with van der Waals surface area (Å²) in [5, 5.41) is 0. The van der Waals surface area contributed by atoms with Gasteiger partial charge in [0.1, 0.15) is 59.2 Å². The fraction of sp³-hybridized carbons (Fsp3) is 0.381. The predicted octanol–water partition coefficient (Wildman–Crippen LogP) is 18.7. The van der Waals surface area contributed by atoms with Crippen LogP contribution in [-0.4, -0.2) is 66.1 Å².